The van der Waals surface area contributed by atoms with Crippen LogP contribution in [0.5, 0.6) is 0 Å². The fourth-order valence-corrected chi connectivity index (χ4v) is 3.86. The Bertz CT molecular complexity index is 469. The minimum Gasteiger partial charge on any atom is -0.465 e. The average molecular weight is 331 g/mol. The van der Waals surface area contributed by atoms with E-state index in [2.05, 4.69) is 38.1 Å². The van der Waals surface area contributed by atoms with Gasteiger partial charge in [0.2, 0.25) is 0 Å². The van der Waals surface area contributed by atoms with Gasteiger partial charge in [-0.25, -0.2) is 0 Å². The van der Waals surface area contributed by atoms with Crippen LogP contribution in [-0.4, -0.2) is 12.6 Å². The maximum atomic E-state index is 11.8. The van der Waals surface area contributed by atoms with Gasteiger partial charge in [-0.3, -0.25) is 4.79 Å². The van der Waals surface area contributed by atoms with E-state index in [1.807, 2.05) is 0 Å². The quantitative estimate of drug-likeness (QED) is 0.408. The molecule has 2 rings (SSSR count). The zero-order chi connectivity index (χ0) is 17.2. The van der Waals surface area contributed by atoms with Crippen molar-refractivity contribution in [1.29, 1.82) is 0 Å². The van der Waals surface area contributed by atoms with Gasteiger partial charge in [0.15, 0.2) is 0 Å². The second-order valence-electron chi connectivity index (χ2n) is 7.35. The Morgan fingerprint density at radius 2 is 1.71 bits per heavy atom. The van der Waals surface area contributed by atoms with Gasteiger partial charge in [0, 0.05) is 0 Å². The third-order valence-electron chi connectivity index (χ3n) is 5.35. The molecule has 1 saturated carbocycles. The van der Waals surface area contributed by atoms with Crippen molar-refractivity contribution in [3.8, 4) is 0 Å². The van der Waals surface area contributed by atoms with Gasteiger partial charge in [0.05, 0.1) is 13.0 Å². The Morgan fingerprint density at radius 1 is 1.00 bits per heavy atom. The highest BCUT2D eigenvalue weighted by molar-refractivity contribution is 5.72. The predicted octanol–water partition coefficient (Wildman–Crippen LogP) is 6.04. The lowest BCUT2D eigenvalue weighted by molar-refractivity contribution is -0.142. The van der Waals surface area contributed by atoms with Gasteiger partial charge in [-0.05, 0) is 55.1 Å². The Kier molecular flexibility index (Phi) is 8.35. The molecular weight excluding hydrogens is 296 g/mol. The first-order valence-electron chi connectivity index (χ1n) is 9.97. The van der Waals surface area contributed by atoms with Crippen molar-refractivity contribution in [3.05, 3.63) is 35.4 Å². The molecule has 0 amide bonds. The van der Waals surface area contributed by atoms with Crippen LogP contribution in [0.1, 0.15) is 88.7 Å². The number of rotatable bonds is 9. The summed E-state index contributed by atoms with van der Waals surface area (Å²) in [5, 5.41) is 0. The number of carbonyl (C=O) groups excluding carboxylic acids is 1. The summed E-state index contributed by atoms with van der Waals surface area (Å²) in [6.45, 7) is 5.00. The lowest BCUT2D eigenvalue weighted by Crippen LogP contribution is -2.13. The zero-order valence-electron chi connectivity index (χ0n) is 15.6. The maximum absolute atomic E-state index is 11.8. The molecule has 1 fully saturated rings. The molecule has 0 heterocycles. The van der Waals surface area contributed by atoms with Gasteiger partial charge in [-0.1, -0.05) is 63.8 Å². The van der Waals surface area contributed by atoms with Crippen LogP contribution in [0.4, 0.5) is 0 Å². The molecule has 0 aromatic heterocycles. The van der Waals surface area contributed by atoms with Crippen LogP contribution in [0.2, 0.25) is 0 Å². The SMILES string of the molecule is CCCCCOC(=O)Cc1ccc([C@H]2CC[C@H](CCC)CC2)cc1. The smallest absolute Gasteiger partial charge is 0.310 e. The third kappa shape index (κ3) is 6.30. The van der Waals surface area contributed by atoms with E-state index in [9.17, 15) is 4.79 Å². The molecule has 0 unspecified atom stereocenters. The van der Waals surface area contributed by atoms with E-state index in [4.69, 9.17) is 4.74 Å². The van der Waals surface area contributed by atoms with Crippen LogP contribution in [0, 0.1) is 5.92 Å². The van der Waals surface area contributed by atoms with E-state index in [0.717, 1.165) is 30.7 Å². The minimum atomic E-state index is -0.0982. The lowest BCUT2D eigenvalue weighted by atomic mass is 9.77. The molecular formula is C22H34O2. The van der Waals surface area contributed by atoms with Gasteiger partial charge >= 0.3 is 5.97 Å². The fraction of sp³-hybridized carbons (Fsp3) is 0.682. The lowest BCUT2D eigenvalue weighted by Gasteiger charge is -2.28. The van der Waals surface area contributed by atoms with Gasteiger partial charge < -0.3 is 4.74 Å². The van der Waals surface area contributed by atoms with Crippen molar-refractivity contribution in [1.82, 2.24) is 0 Å². The standard InChI is InChI=1S/C22H34O2/c1-3-5-6-16-24-22(23)17-19-10-14-21(15-11-19)20-12-8-18(7-4-2)9-13-20/h10-11,14-15,18,20H,3-9,12-13,16-17H2,1-2H3/t18-,20-. The summed E-state index contributed by atoms with van der Waals surface area (Å²) in [5.41, 5.74) is 2.52. The van der Waals surface area contributed by atoms with Gasteiger partial charge in [0.25, 0.3) is 0 Å². The first-order valence-corrected chi connectivity index (χ1v) is 9.97. The Labute approximate surface area is 148 Å². The van der Waals surface area contributed by atoms with Gasteiger partial charge in [-0.15, -0.1) is 0 Å². The molecule has 2 nitrogen and oxygen atoms in total. The van der Waals surface area contributed by atoms with Crippen molar-refractivity contribution in [2.75, 3.05) is 6.61 Å². The summed E-state index contributed by atoms with van der Waals surface area (Å²) in [7, 11) is 0. The molecule has 134 valence electrons. The minimum absolute atomic E-state index is 0.0982. The number of hydrogen-bond donors (Lipinski definition) is 0. The first-order chi connectivity index (χ1) is 11.7. The third-order valence-corrected chi connectivity index (χ3v) is 5.35. The molecule has 1 aliphatic carbocycles. The van der Waals surface area contributed by atoms with Crippen molar-refractivity contribution < 1.29 is 9.53 Å². The summed E-state index contributed by atoms with van der Waals surface area (Å²) >= 11 is 0. The van der Waals surface area contributed by atoms with Crippen molar-refractivity contribution in [3.63, 3.8) is 0 Å². The molecule has 0 saturated heterocycles. The van der Waals surface area contributed by atoms with Crippen LogP contribution < -0.4 is 0 Å². The summed E-state index contributed by atoms with van der Waals surface area (Å²) in [6, 6.07) is 8.68. The summed E-state index contributed by atoms with van der Waals surface area (Å²) < 4.78 is 5.29. The highest BCUT2D eigenvalue weighted by Gasteiger charge is 2.21. The normalized spacial score (nSPS) is 20.8. The second kappa shape index (κ2) is 10.5. The largest absolute Gasteiger partial charge is 0.465 e. The van der Waals surface area contributed by atoms with Crippen molar-refractivity contribution in [2.45, 2.75) is 84.0 Å². The van der Waals surface area contributed by atoms with Crippen molar-refractivity contribution >= 4 is 5.97 Å². The Hall–Kier alpha value is -1.31. The predicted molar refractivity (Wildman–Crippen MR) is 100 cm³/mol. The number of esters is 1. The number of unbranched alkanes of at least 4 members (excludes halogenated alkanes) is 2. The number of ether oxygens (including phenoxy) is 1. The second-order valence-corrected chi connectivity index (χ2v) is 7.35. The van der Waals surface area contributed by atoms with Crippen LogP contribution in [-0.2, 0) is 16.0 Å². The highest BCUT2D eigenvalue weighted by atomic mass is 16.5. The van der Waals surface area contributed by atoms with Crippen LogP contribution in [0.15, 0.2) is 24.3 Å². The topological polar surface area (TPSA) is 26.3 Å². The van der Waals surface area contributed by atoms with E-state index in [1.54, 1.807) is 0 Å². The Morgan fingerprint density at radius 3 is 2.33 bits per heavy atom. The number of benzene rings is 1. The maximum Gasteiger partial charge on any atom is 0.310 e. The molecule has 0 aliphatic heterocycles. The van der Waals surface area contributed by atoms with E-state index < -0.39 is 0 Å². The van der Waals surface area contributed by atoms with E-state index >= 15 is 0 Å². The molecule has 0 atom stereocenters. The van der Waals surface area contributed by atoms with Gasteiger partial charge in [-0.2, -0.15) is 0 Å². The molecule has 2 heteroatoms. The first kappa shape index (κ1) is 19.0. The molecule has 0 N–H and O–H groups in total. The van der Waals surface area contributed by atoms with Crippen LogP contribution in [0.3, 0.4) is 0 Å². The fourth-order valence-electron chi connectivity index (χ4n) is 3.86. The Balaban J connectivity index is 1.75. The number of hydrogen-bond acceptors (Lipinski definition) is 2. The van der Waals surface area contributed by atoms with Crippen LogP contribution in [0.25, 0.3) is 0 Å². The van der Waals surface area contributed by atoms with E-state index in [1.165, 1.54) is 44.1 Å². The summed E-state index contributed by atoms with van der Waals surface area (Å²) in [4.78, 5) is 11.8. The van der Waals surface area contributed by atoms with Crippen LogP contribution >= 0.6 is 0 Å². The highest BCUT2D eigenvalue weighted by Crippen LogP contribution is 2.37. The van der Waals surface area contributed by atoms with E-state index in [0.29, 0.717) is 18.9 Å². The molecule has 1 aliphatic rings. The molecule has 1 aromatic carbocycles. The molecule has 0 radical (unpaired) electrons. The summed E-state index contributed by atoms with van der Waals surface area (Å²) in [5.74, 6) is 1.57. The summed E-state index contributed by atoms with van der Waals surface area (Å²) in [6.07, 6.45) is 11.8. The van der Waals surface area contributed by atoms with Gasteiger partial charge in [0.1, 0.15) is 0 Å². The molecule has 24 heavy (non-hydrogen) atoms. The van der Waals surface area contributed by atoms with Crippen molar-refractivity contribution in [2.24, 2.45) is 5.92 Å². The molecule has 1 aromatic rings. The molecule has 0 bridgehead atoms. The zero-order valence-corrected chi connectivity index (χ0v) is 15.6. The molecule has 0 spiro atoms. The number of carbonyl (C=O) groups is 1. The van der Waals surface area contributed by atoms with E-state index in [-0.39, 0.29) is 5.97 Å². The average Bonchev–Trinajstić information content (AvgIpc) is 2.60. The monoisotopic (exact) mass is 330 g/mol.